The first-order valence-corrected chi connectivity index (χ1v) is 10.2. The molecule has 0 radical (unpaired) electrons. The summed E-state index contributed by atoms with van der Waals surface area (Å²) in [5, 5.41) is 14.6. The Morgan fingerprint density at radius 1 is 0.968 bits per heavy atom. The Morgan fingerprint density at radius 3 is 2.26 bits per heavy atom. The second-order valence-corrected chi connectivity index (χ2v) is 7.23. The molecule has 0 saturated carbocycles. The van der Waals surface area contributed by atoms with Gasteiger partial charge in [0.15, 0.2) is 0 Å². The molecular weight excluding hydrogens is 398 g/mol. The number of aromatic hydroxyl groups is 1. The number of phenols is 1. The fourth-order valence-corrected chi connectivity index (χ4v) is 2.95. The molecule has 2 rings (SSSR count). The summed E-state index contributed by atoms with van der Waals surface area (Å²) in [6, 6.07) is 13.7. The number of ether oxygens (including phenoxy) is 1. The van der Waals surface area contributed by atoms with Crippen molar-refractivity contribution in [2.75, 3.05) is 0 Å². The number of alkyl carbamates (subject to hydrolysis) is 1. The molecule has 8 nitrogen and oxygen atoms in total. The minimum atomic E-state index is -0.955. The molecule has 31 heavy (non-hydrogen) atoms. The third kappa shape index (κ3) is 8.38. The molecule has 0 fully saturated rings. The normalized spacial score (nSPS) is 12.4. The lowest BCUT2D eigenvalue weighted by atomic mass is 10.0. The van der Waals surface area contributed by atoms with Gasteiger partial charge in [0.25, 0.3) is 0 Å². The van der Waals surface area contributed by atoms with Crippen LogP contribution in [0.15, 0.2) is 54.6 Å². The second kappa shape index (κ2) is 12.2. The Morgan fingerprint density at radius 2 is 1.65 bits per heavy atom. The third-order valence-electron chi connectivity index (χ3n) is 4.70. The van der Waals surface area contributed by atoms with Crippen molar-refractivity contribution in [2.24, 2.45) is 5.73 Å². The van der Waals surface area contributed by atoms with Gasteiger partial charge in [0.2, 0.25) is 11.8 Å². The van der Waals surface area contributed by atoms with Gasteiger partial charge >= 0.3 is 6.09 Å². The zero-order chi connectivity index (χ0) is 22.6. The van der Waals surface area contributed by atoms with E-state index in [9.17, 15) is 19.5 Å². The van der Waals surface area contributed by atoms with Crippen molar-refractivity contribution in [2.45, 2.75) is 51.3 Å². The topological polar surface area (TPSA) is 131 Å². The molecule has 2 aromatic carbocycles. The van der Waals surface area contributed by atoms with Gasteiger partial charge in [-0.2, -0.15) is 0 Å². The van der Waals surface area contributed by atoms with Crippen LogP contribution in [0.4, 0.5) is 4.79 Å². The van der Waals surface area contributed by atoms with E-state index in [2.05, 4.69) is 10.6 Å². The van der Waals surface area contributed by atoms with E-state index in [1.54, 1.807) is 12.1 Å². The molecule has 0 saturated heterocycles. The number of carbonyl (C=O) groups excluding carboxylic acids is 3. The lowest BCUT2D eigenvalue weighted by Gasteiger charge is -2.22. The Balaban J connectivity index is 1.97. The number of phenolic OH excluding ortho intramolecular Hbond substituents is 1. The second-order valence-electron chi connectivity index (χ2n) is 7.23. The van der Waals surface area contributed by atoms with Gasteiger partial charge in [-0.15, -0.1) is 0 Å². The quantitative estimate of drug-likeness (QED) is 0.437. The molecule has 0 spiro atoms. The number of benzene rings is 2. The number of hydrogen-bond donors (Lipinski definition) is 4. The van der Waals surface area contributed by atoms with Crippen molar-refractivity contribution in [1.29, 1.82) is 0 Å². The van der Waals surface area contributed by atoms with E-state index in [4.69, 9.17) is 10.5 Å². The first-order chi connectivity index (χ1) is 14.9. The molecule has 5 N–H and O–H groups in total. The fraction of sp³-hybridized carbons (Fsp3) is 0.348. The van der Waals surface area contributed by atoms with E-state index >= 15 is 0 Å². The van der Waals surface area contributed by atoms with Crippen LogP contribution in [0.2, 0.25) is 0 Å². The number of amides is 3. The number of primary amides is 1. The largest absolute Gasteiger partial charge is 0.508 e. The van der Waals surface area contributed by atoms with Crippen LogP contribution >= 0.6 is 0 Å². The molecule has 0 bridgehead atoms. The minimum Gasteiger partial charge on any atom is -0.508 e. The summed E-state index contributed by atoms with van der Waals surface area (Å²) in [7, 11) is 0. The van der Waals surface area contributed by atoms with Crippen molar-refractivity contribution in [3.05, 3.63) is 65.7 Å². The van der Waals surface area contributed by atoms with Crippen molar-refractivity contribution >= 4 is 17.9 Å². The van der Waals surface area contributed by atoms with Gasteiger partial charge in [-0.25, -0.2) is 4.79 Å². The van der Waals surface area contributed by atoms with E-state index in [-0.39, 0.29) is 18.8 Å². The van der Waals surface area contributed by atoms with Gasteiger partial charge < -0.3 is 26.2 Å². The predicted octanol–water partition coefficient (Wildman–Crippen LogP) is 2.39. The number of nitrogens with one attached hydrogen (secondary N) is 2. The Kier molecular flexibility index (Phi) is 9.35. The summed E-state index contributed by atoms with van der Waals surface area (Å²) < 4.78 is 5.20. The third-order valence-corrected chi connectivity index (χ3v) is 4.70. The van der Waals surface area contributed by atoms with Crippen LogP contribution in [-0.4, -0.2) is 35.1 Å². The number of hydrogen-bond acceptors (Lipinski definition) is 5. The molecule has 0 aliphatic heterocycles. The van der Waals surface area contributed by atoms with Crippen LogP contribution in [0.3, 0.4) is 0 Å². The number of nitrogens with two attached hydrogens (primary N) is 1. The number of rotatable bonds is 11. The molecule has 0 aliphatic carbocycles. The van der Waals surface area contributed by atoms with Crippen LogP contribution in [-0.2, 0) is 27.4 Å². The van der Waals surface area contributed by atoms with Gasteiger partial charge in [-0.3, -0.25) is 9.59 Å². The summed E-state index contributed by atoms with van der Waals surface area (Å²) >= 11 is 0. The Labute approximate surface area is 181 Å². The zero-order valence-corrected chi connectivity index (χ0v) is 17.5. The monoisotopic (exact) mass is 427 g/mol. The summed E-state index contributed by atoms with van der Waals surface area (Å²) in [4.78, 5) is 36.9. The maximum Gasteiger partial charge on any atom is 0.408 e. The molecule has 3 amide bonds. The first-order valence-electron chi connectivity index (χ1n) is 10.2. The average Bonchev–Trinajstić information content (AvgIpc) is 2.76. The van der Waals surface area contributed by atoms with E-state index in [1.165, 1.54) is 12.1 Å². The lowest BCUT2D eigenvalue weighted by Crippen LogP contribution is -2.53. The van der Waals surface area contributed by atoms with E-state index in [0.29, 0.717) is 12.8 Å². The average molecular weight is 428 g/mol. The van der Waals surface area contributed by atoms with Crippen molar-refractivity contribution in [3.63, 3.8) is 0 Å². The highest BCUT2D eigenvalue weighted by molar-refractivity contribution is 5.90. The molecule has 166 valence electrons. The highest BCUT2D eigenvalue weighted by atomic mass is 16.5. The molecular formula is C23H29N3O5. The van der Waals surface area contributed by atoms with Gasteiger partial charge in [-0.05, 0) is 29.7 Å². The SMILES string of the molecule is CCCC[C@@H](NC(=O)OCc1ccccc1)C(=O)N[C@@H](Cc1ccc(O)cc1)C(N)=O. The number of carbonyl (C=O) groups is 3. The standard InChI is InChI=1S/C23H29N3O5/c1-2-3-9-19(26-23(30)31-15-17-7-5-4-6-8-17)22(29)25-20(21(24)28)14-16-10-12-18(27)13-11-16/h4-8,10-13,19-20,27H,2-3,9,14-15H2,1H3,(H2,24,28)(H,25,29)(H,26,30)/t19-,20+/m1/s1. The van der Waals surface area contributed by atoms with Gasteiger partial charge in [0, 0.05) is 6.42 Å². The molecule has 0 heterocycles. The Hall–Kier alpha value is -3.55. The summed E-state index contributed by atoms with van der Waals surface area (Å²) in [6.07, 6.45) is 1.38. The van der Waals surface area contributed by atoms with E-state index < -0.39 is 30.0 Å². The maximum atomic E-state index is 12.8. The molecule has 0 aromatic heterocycles. The molecule has 2 aromatic rings. The van der Waals surface area contributed by atoms with Gasteiger partial charge in [0.05, 0.1) is 0 Å². The van der Waals surface area contributed by atoms with Crippen LogP contribution < -0.4 is 16.4 Å². The molecule has 2 atom stereocenters. The fourth-order valence-electron chi connectivity index (χ4n) is 2.95. The smallest absolute Gasteiger partial charge is 0.408 e. The molecule has 0 unspecified atom stereocenters. The lowest BCUT2D eigenvalue weighted by molar-refractivity contribution is -0.128. The van der Waals surface area contributed by atoms with Crippen molar-refractivity contribution in [3.8, 4) is 5.75 Å². The van der Waals surface area contributed by atoms with Crippen LogP contribution in [0.1, 0.15) is 37.3 Å². The number of unbranched alkanes of at least 4 members (excludes halogenated alkanes) is 1. The maximum absolute atomic E-state index is 12.8. The van der Waals surface area contributed by atoms with E-state index in [1.807, 2.05) is 37.3 Å². The van der Waals surface area contributed by atoms with Crippen LogP contribution in [0, 0.1) is 0 Å². The first kappa shape index (κ1) is 23.7. The summed E-state index contributed by atoms with van der Waals surface area (Å²) in [5.41, 5.74) is 7.01. The van der Waals surface area contributed by atoms with Crippen molar-refractivity contribution in [1.82, 2.24) is 10.6 Å². The van der Waals surface area contributed by atoms with E-state index in [0.717, 1.165) is 17.5 Å². The zero-order valence-electron chi connectivity index (χ0n) is 17.5. The summed E-state index contributed by atoms with van der Waals surface area (Å²) in [6.45, 7) is 2.05. The highest BCUT2D eigenvalue weighted by Crippen LogP contribution is 2.12. The van der Waals surface area contributed by atoms with Gasteiger partial charge in [-0.1, -0.05) is 62.2 Å². The molecule has 8 heteroatoms. The Bertz CT molecular complexity index is 855. The highest BCUT2D eigenvalue weighted by Gasteiger charge is 2.26. The van der Waals surface area contributed by atoms with Crippen LogP contribution in [0.25, 0.3) is 0 Å². The van der Waals surface area contributed by atoms with Crippen molar-refractivity contribution < 1.29 is 24.2 Å². The predicted molar refractivity (Wildman–Crippen MR) is 116 cm³/mol. The summed E-state index contributed by atoms with van der Waals surface area (Å²) in [5.74, 6) is -1.10. The molecule has 0 aliphatic rings. The van der Waals surface area contributed by atoms with Gasteiger partial charge in [0.1, 0.15) is 24.4 Å². The van der Waals surface area contributed by atoms with Crippen LogP contribution in [0.5, 0.6) is 5.75 Å². The minimum absolute atomic E-state index is 0.0829.